The number of hydrogen-bond donors (Lipinski definition) is 2. The minimum absolute atomic E-state index is 0.0273. The predicted molar refractivity (Wildman–Crippen MR) is 96.4 cm³/mol. The molecule has 1 aliphatic rings. The Morgan fingerprint density at radius 3 is 2.60 bits per heavy atom. The summed E-state index contributed by atoms with van der Waals surface area (Å²) < 4.78 is 0. The fraction of sp³-hybridized carbons (Fsp3) is 0.500. The van der Waals surface area contributed by atoms with Gasteiger partial charge in [0, 0.05) is 30.2 Å². The minimum atomic E-state index is -0.288. The van der Waals surface area contributed by atoms with Crippen LogP contribution < -0.4 is 10.6 Å². The van der Waals surface area contributed by atoms with E-state index in [4.69, 9.17) is 11.6 Å². The van der Waals surface area contributed by atoms with Crippen molar-refractivity contribution >= 4 is 29.3 Å². The maximum atomic E-state index is 12.6. The minimum Gasteiger partial charge on any atom is -0.355 e. The molecule has 7 heteroatoms. The van der Waals surface area contributed by atoms with Gasteiger partial charge in [0.15, 0.2) is 0 Å². The first-order valence-corrected chi connectivity index (χ1v) is 8.98. The zero-order valence-electron chi connectivity index (χ0n) is 14.4. The molecule has 0 spiro atoms. The molecule has 1 unspecified atom stereocenters. The Labute approximate surface area is 152 Å². The highest BCUT2D eigenvalue weighted by Gasteiger charge is 2.29. The van der Waals surface area contributed by atoms with Crippen molar-refractivity contribution in [3.05, 3.63) is 34.9 Å². The number of piperidine rings is 1. The molecule has 1 atom stereocenters. The molecule has 25 heavy (non-hydrogen) atoms. The molecule has 0 bridgehead atoms. The molecule has 1 saturated heterocycles. The average Bonchev–Trinajstić information content (AvgIpc) is 2.64. The Balaban J connectivity index is 1.87. The standard InChI is InChI=1S/C18H24ClN3O3/c1-2-9-20-16(23)11-21-17(24)14-4-3-10-22(12-14)18(25)13-5-7-15(19)8-6-13/h5-8,14H,2-4,9-12H2,1H3,(H,20,23)(H,21,24). The highest BCUT2D eigenvalue weighted by Crippen LogP contribution is 2.19. The fourth-order valence-corrected chi connectivity index (χ4v) is 2.92. The molecule has 136 valence electrons. The molecule has 6 nitrogen and oxygen atoms in total. The summed E-state index contributed by atoms with van der Waals surface area (Å²) in [6, 6.07) is 6.73. The smallest absolute Gasteiger partial charge is 0.253 e. The maximum Gasteiger partial charge on any atom is 0.253 e. The molecule has 3 amide bonds. The first-order chi connectivity index (χ1) is 12.0. The van der Waals surface area contributed by atoms with E-state index in [0.717, 1.165) is 12.8 Å². The van der Waals surface area contributed by atoms with E-state index in [0.29, 0.717) is 36.6 Å². The first kappa shape index (κ1) is 19.2. The Kier molecular flexibility index (Phi) is 7.25. The topological polar surface area (TPSA) is 78.5 Å². The van der Waals surface area contributed by atoms with Gasteiger partial charge in [-0.1, -0.05) is 18.5 Å². The molecule has 2 rings (SSSR count). The fourth-order valence-electron chi connectivity index (χ4n) is 2.79. The molecule has 0 saturated carbocycles. The van der Waals surface area contributed by atoms with Crippen LogP contribution in [0, 0.1) is 5.92 Å². The van der Waals surface area contributed by atoms with Gasteiger partial charge in [0.05, 0.1) is 12.5 Å². The summed E-state index contributed by atoms with van der Waals surface area (Å²) in [6.45, 7) is 3.53. The van der Waals surface area contributed by atoms with E-state index < -0.39 is 0 Å². The third-order valence-electron chi connectivity index (χ3n) is 4.17. The second kappa shape index (κ2) is 9.42. The average molecular weight is 366 g/mol. The van der Waals surface area contributed by atoms with E-state index in [2.05, 4.69) is 10.6 Å². The van der Waals surface area contributed by atoms with Crippen molar-refractivity contribution in [1.29, 1.82) is 0 Å². The first-order valence-electron chi connectivity index (χ1n) is 8.60. The van der Waals surface area contributed by atoms with Crippen molar-refractivity contribution < 1.29 is 14.4 Å². The summed E-state index contributed by atoms with van der Waals surface area (Å²) in [5, 5.41) is 5.95. The summed E-state index contributed by atoms with van der Waals surface area (Å²) in [6.07, 6.45) is 2.33. The monoisotopic (exact) mass is 365 g/mol. The van der Waals surface area contributed by atoms with Crippen molar-refractivity contribution in [3.63, 3.8) is 0 Å². The lowest BCUT2D eigenvalue weighted by Crippen LogP contribution is -2.47. The van der Waals surface area contributed by atoms with Gasteiger partial charge >= 0.3 is 0 Å². The van der Waals surface area contributed by atoms with Crippen molar-refractivity contribution in [3.8, 4) is 0 Å². The number of likely N-dealkylation sites (tertiary alicyclic amines) is 1. The summed E-state index contributed by atoms with van der Waals surface area (Å²) >= 11 is 5.85. The van der Waals surface area contributed by atoms with E-state index in [1.54, 1.807) is 29.2 Å². The van der Waals surface area contributed by atoms with Gasteiger partial charge in [-0.3, -0.25) is 14.4 Å². The third kappa shape index (κ3) is 5.74. The normalized spacial score (nSPS) is 17.0. The van der Waals surface area contributed by atoms with Crippen LogP contribution in [0.1, 0.15) is 36.5 Å². The number of halogens is 1. The lowest BCUT2D eigenvalue weighted by atomic mass is 9.96. The van der Waals surface area contributed by atoms with Crippen LogP contribution in [0.15, 0.2) is 24.3 Å². The molecule has 1 heterocycles. The van der Waals surface area contributed by atoms with E-state index in [9.17, 15) is 14.4 Å². The van der Waals surface area contributed by atoms with Gasteiger partial charge in [0.25, 0.3) is 5.91 Å². The number of carbonyl (C=O) groups excluding carboxylic acids is 3. The van der Waals surface area contributed by atoms with E-state index in [1.165, 1.54) is 0 Å². The van der Waals surface area contributed by atoms with Crippen LogP contribution in [-0.4, -0.2) is 48.8 Å². The maximum absolute atomic E-state index is 12.6. The molecular formula is C18H24ClN3O3. The molecule has 0 aliphatic carbocycles. The van der Waals surface area contributed by atoms with Crippen LogP contribution in [0.5, 0.6) is 0 Å². The van der Waals surface area contributed by atoms with Crippen LogP contribution in [-0.2, 0) is 9.59 Å². The molecular weight excluding hydrogens is 342 g/mol. The highest BCUT2D eigenvalue weighted by molar-refractivity contribution is 6.30. The zero-order valence-corrected chi connectivity index (χ0v) is 15.1. The quantitative estimate of drug-likeness (QED) is 0.807. The Morgan fingerprint density at radius 2 is 1.92 bits per heavy atom. The number of hydrogen-bond acceptors (Lipinski definition) is 3. The van der Waals surface area contributed by atoms with Crippen LogP contribution in [0.4, 0.5) is 0 Å². The highest BCUT2D eigenvalue weighted by atomic mass is 35.5. The Morgan fingerprint density at radius 1 is 1.20 bits per heavy atom. The molecule has 1 aromatic rings. The van der Waals surface area contributed by atoms with Gasteiger partial charge in [-0.2, -0.15) is 0 Å². The van der Waals surface area contributed by atoms with Crippen LogP contribution in [0.2, 0.25) is 5.02 Å². The van der Waals surface area contributed by atoms with E-state index >= 15 is 0 Å². The number of amides is 3. The lowest BCUT2D eigenvalue weighted by Gasteiger charge is -2.32. The van der Waals surface area contributed by atoms with E-state index in [-0.39, 0.29) is 30.2 Å². The third-order valence-corrected chi connectivity index (χ3v) is 4.42. The molecule has 0 aromatic heterocycles. The number of nitrogens with one attached hydrogen (secondary N) is 2. The Bertz CT molecular complexity index is 618. The van der Waals surface area contributed by atoms with Crippen molar-refractivity contribution in [1.82, 2.24) is 15.5 Å². The van der Waals surface area contributed by atoms with Gasteiger partial charge in [0.2, 0.25) is 11.8 Å². The van der Waals surface area contributed by atoms with Crippen LogP contribution in [0.25, 0.3) is 0 Å². The summed E-state index contributed by atoms with van der Waals surface area (Å²) in [4.78, 5) is 38.1. The van der Waals surface area contributed by atoms with Gasteiger partial charge in [-0.25, -0.2) is 0 Å². The van der Waals surface area contributed by atoms with Crippen molar-refractivity contribution in [2.45, 2.75) is 26.2 Å². The molecule has 1 aromatic carbocycles. The largest absolute Gasteiger partial charge is 0.355 e. The van der Waals surface area contributed by atoms with Crippen molar-refractivity contribution in [2.75, 3.05) is 26.2 Å². The molecule has 0 radical (unpaired) electrons. The van der Waals surface area contributed by atoms with Crippen molar-refractivity contribution in [2.24, 2.45) is 5.92 Å². The predicted octanol–water partition coefficient (Wildman–Crippen LogP) is 1.83. The van der Waals surface area contributed by atoms with Gasteiger partial charge in [0.1, 0.15) is 0 Å². The Hall–Kier alpha value is -2.08. The second-order valence-corrected chi connectivity index (χ2v) is 6.60. The number of benzene rings is 1. The second-order valence-electron chi connectivity index (χ2n) is 6.16. The van der Waals surface area contributed by atoms with Crippen LogP contribution in [0.3, 0.4) is 0 Å². The van der Waals surface area contributed by atoms with E-state index in [1.807, 2.05) is 6.92 Å². The van der Waals surface area contributed by atoms with Crippen LogP contribution >= 0.6 is 11.6 Å². The number of carbonyl (C=O) groups is 3. The molecule has 1 aliphatic heterocycles. The van der Waals surface area contributed by atoms with Gasteiger partial charge < -0.3 is 15.5 Å². The number of rotatable bonds is 6. The summed E-state index contributed by atoms with van der Waals surface area (Å²) in [7, 11) is 0. The van der Waals surface area contributed by atoms with Gasteiger partial charge in [-0.05, 0) is 43.5 Å². The molecule has 1 fully saturated rings. The van der Waals surface area contributed by atoms with Gasteiger partial charge in [-0.15, -0.1) is 0 Å². The number of nitrogens with zero attached hydrogens (tertiary/aromatic N) is 1. The summed E-state index contributed by atoms with van der Waals surface area (Å²) in [5.74, 6) is -0.765. The SMILES string of the molecule is CCCNC(=O)CNC(=O)C1CCCN(C(=O)c2ccc(Cl)cc2)C1. The molecule has 2 N–H and O–H groups in total. The summed E-state index contributed by atoms with van der Waals surface area (Å²) in [5.41, 5.74) is 0.560. The lowest BCUT2D eigenvalue weighted by molar-refractivity contribution is -0.129. The zero-order chi connectivity index (χ0) is 18.2.